The molecule has 2 N–H and O–H groups in total. The fourth-order valence-electron chi connectivity index (χ4n) is 2.22. The van der Waals surface area contributed by atoms with E-state index in [1.807, 2.05) is 30.3 Å². The van der Waals surface area contributed by atoms with Crippen LogP contribution in [-0.2, 0) is 0 Å². The highest BCUT2D eigenvalue weighted by Crippen LogP contribution is 2.24. The lowest BCUT2D eigenvalue weighted by atomic mass is 10.1. The van der Waals surface area contributed by atoms with E-state index in [9.17, 15) is 0 Å². The second-order valence-corrected chi connectivity index (χ2v) is 4.59. The van der Waals surface area contributed by atoms with Crippen molar-refractivity contribution >= 4 is 11.5 Å². The molecule has 4 aromatic heterocycles. The molecule has 0 aliphatic carbocycles. The number of furan rings is 1. The van der Waals surface area contributed by atoms with Gasteiger partial charge in [-0.1, -0.05) is 6.07 Å². The molecule has 0 amide bonds. The average molecular weight is 277 g/mol. The normalized spacial score (nSPS) is 11.0. The van der Waals surface area contributed by atoms with E-state index in [1.54, 1.807) is 29.2 Å². The highest BCUT2D eigenvalue weighted by Gasteiger charge is 2.12. The molecule has 0 aliphatic rings. The molecule has 0 aliphatic heterocycles. The summed E-state index contributed by atoms with van der Waals surface area (Å²) in [6, 6.07) is 11.2. The van der Waals surface area contributed by atoms with Gasteiger partial charge in [0.2, 0.25) is 5.82 Å². The van der Waals surface area contributed by atoms with Gasteiger partial charge in [0.25, 0.3) is 0 Å². The van der Waals surface area contributed by atoms with Gasteiger partial charge in [-0.15, -0.1) is 5.10 Å². The molecular weight excluding hydrogens is 266 g/mol. The number of aromatic nitrogens is 4. The molecule has 6 nitrogen and oxygen atoms in total. The molecule has 4 aromatic rings. The summed E-state index contributed by atoms with van der Waals surface area (Å²) in [5.41, 5.74) is 8.67. The summed E-state index contributed by atoms with van der Waals surface area (Å²) in [7, 11) is 0. The zero-order valence-corrected chi connectivity index (χ0v) is 11.0. The number of pyridine rings is 2. The molecule has 4 rings (SSSR count). The third-order valence-electron chi connectivity index (χ3n) is 3.20. The van der Waals surface area contributed by atoms with Gasteiger partial charge in [-0.3, -0.25) is 4.98 Å². The van der Waals surface area contributed by atoms with Crippen molar-refractivity contribution in [1.29, 1.82) is 0 Å². The molecule has 4 heterocycles. The first-order valence-corrected chi connectivity index (χ1v) is 6.42. The maximum atomic E-state index is 6.07. The Balaban J connectivity index is 1.90. The molecule has 0 spiro atoms. The van der Waals surface area contributed by atoms with Gasteiger partial charge in [-0.2, -0.15) is 4.52 Å². The number of hydrogen-bond donors (Lipinski definition) is 1. The highest BCUT2D eigenvalue weighted by molar-refractivity contribution is 5.71. The lowest BCUT2D eigenvalue weighted by molar-refractivity contribution is 0.577. The molecule has 0 bridgehead atoms. The minimum absolute atomic E-state index is 0.509. The Morgan fingerprint density at radius 3 is 2.81 bits per heavy atom. The molecule has 6 heteroatoms. The first kappa shape index (κ1) is 11.7. The largest absolute Gasteiger partial charge is 0.461 e. The molecule has 0 fully saturated rings. The predicted molar refractivity (Wildman–Crippen MR) is 78.3 cm³/mol. The summed E-state index contributed by atoms with van der Waals surface area (Å²) in [5, 5.41) is 4.36. The van der Waals surface area contributed by atoms with Gasteiger partial charge in [-0.25, -0.2) is 4.98 Å². The van der Waals surface area contributed by atoms with Crippen LogP contribution in [0.4, 0.5) is 5.82 Å². The van der Waals surface area contributed by atoms with Crippen molar-refractivity contribution < 1.29 is 4.42 Å². The van der Waals surface area contributed by atoms with Gasteiger partial charge < -0.3 is 10.2 Å². The zero-order valence-electron chi connectivity index (χ0n) is 11.0. The van der Waals surface area contributed by atoms with Crippen LogP contribution >= 0.6 is 0 Å². The van der Waals surface area contributed by atoms with Crippen LogP contribution in [0.2, 0.25) is 0 Å². The predicted octanol–water partition coefficient (Wildman–Crippen LogP) is 2.63. The number of nitrogen functional groups attached to an aromatic ring is 1. The van der Waals surface area contributed by atoms with E-state index >= 15 is 0 Å². The number of anilines is 1. The summed E-state index contributed by atoms with van der Waals surface area (Å²) in [4.78, 5) is 8.58. The van der Waals surface area contributed by atoms with Gasteiger partial charge >= 0.3 is 0 Å². The molecular formula is C15H11N5O. The van der Waals surface area contributed by atoms with Gasteiger partial charge in [-0.05, 0) is 35.9 Å². The lowest BCUT2D eigenvalue weighted by Gasteiger charge is -2.03. The lowest BCUT2D eigenvalue weighted by Crippen LogP contribution is -1.99. The van der Waals surface area contributed by atoms with Gasteiger partial charge in [0.15, 0.2) is 11.4 Å². The van der Waals surface area contributed by atoms with Crippen molar-refractivity contribution in [3.05, 3.63) is 55.1 Å². The Bertz CT molecular complexity index is 897. The van der Waals surface area contributed by atoms with E-state index in [1.165, 1.54) is 0 Å². The number of rotatable bonds is 2. The molecule has 102 valence electrons. The number of nitrogens with two attached hydrogens (primary N) is 1. The SMILES string of the molecule is Nc1cc(-c2cccnc2)cc2nc(-c3ccco3)nn12. The van der Waals surface area contributed by atoms with Crippen molar-refractivity contribution in [2.45, 2.75) is 0 Å². The Morgan fingerprint density at radius 2 is 2.05 bits per heavy atom. The minimum Gasteiger partial charge on any atom is -0.461 e. The molecule has 0 saturated carbocycles. The van der Waals surface area contributed by atoms with Gasteiger partial charge in [0.1, 0.15) is 5.82 Å². The fourth-order valence-corrected chi connectivity index (χ4v) is 2.22. The highest BCUT2D eigenvalue weighted by atomic mass is 16.3. The van der Waals surface area contributed by atoms with Gasteiger partial charge in [0, 0.05) is 18.0 Å². The van der Waals surface area contributed by atoms with Crippen LogP contribution in [0, 0.1) is 0 Å². The number of hydrogen-bond acceptors (Lipinski definition) is 5. The quantitative estimate of drug-likeness (QED) is 0.609. The summed E-state index contributed by atoms with van der Waals surface area (Å²) in [6.07, 6.45) is 5.11. The van der Waals surface area contributed by atoms with Crippen LogP contribution in [0.3, 0.4) is 0 Å². The third-order valence-corrected chi connectivity index (χ3v) is 3.20. The fraction of sp³-hybridized carbons (Fsp3) is 0. The molecule has 0 radical (unpaired) electrons. The Hall–Kier alpha value is -3.15. The van der Waals surface area contributed by atoms with E-state index < -0.39 is 0 Å². The maximum Gasteiger partial charge on any atom is 0.217 e. The third kappa shape index (κ3) is 1.93. The molecule has 21 heavy (non-hydrogen) atoms. The van der Waals surface area contributed by atoms with E-state index in [4.69, 9.17) is 10.2 Å². The first-order valence-electron chi connectivity index (χ1n) is 6.42. The summed E-state index contributed by atoms with van der Waals surface area (Å²) in [5.74, 6) is 1.63. The molecule has 0 atom stereocenters. The van der Waals surface area contributed by atoms with E-state index in [0.29, 0.717) is 23.0 Å². The molecule has 0 saturated heterocycles. The van der Waals surface area contributed by atoms with E-state index in [0.717, 1.165) is 11.1 Å². The maximum absolute atomic E-state index is 6.07. The van der Waals surface area contributed by atoms with E-state index in [2.05, 4.69) is 15.1 Å². The van der Waals surface area contributed by atoms with Crippen molar-refractivity contribution in [1.82, 2.24) is 19.6 Å². The van der Waals surface area contributed by atoms with Crippen LogP contribution in [0.15, 0.2) is 59.5 Å². The Morgan fingerprint density at radius 1 is 1.10 bits per heavy atom. The summed E-state index contributed by atoms with van der Waals surface area (Å²) < 4.78 is 6.91. The Kier molecular flexibility index (Phi) is 2.47. The molecule has 0 aromatic carbocycles. The van der Waals surface area contributed by atoms with Crippen LogP contribution in [0.25, 0.3) is 28.4 Å². The number of nitrogens with zero attached hydrogens (tertiary/aromatic N) is 4. The van der Waals surface area contributed by atoms with Crippen molar-refractivity contribution in [3.63, 3.8) is 0 Å². The Labute approximate surface area is 119 Å². The zero-order chi connectivity index (χ0) is 14.2. The summed E-state index contributed by atoms with van der Waals surface area (Å²) >= 11 is 0. The van der Waals surface area contributed by atoms with E-state index in [-0.39, 0.29) is 0 Å². The topological polar surface area (TPSA) is 82.2 Å². The van der Waals surface area contributed by atoms with Crippen LogP contribution in [-0.4, -0.2) is 19.6 Å². The average Bonchev–Trinajstić information content (AvgIpc) is 3.17. The van der Waals surface area contributed by atoms with Crippen LogP contribution in [0.5, 0.6) is 0 Å². The second kappa shape index (κ2) is 4.45. The monoisotopic (exact) mass is 277 g/mol. The minimum atomic E-state index is 0.509. The smallest absolute Gasteiger partial charge is 0.217 e. The second-order valence-electron chi connectivity index (χ2n) is 4.59. The van der Waals surface area contributed by atoms with Crippen molar-refractivity contribution in [2.75, 3.05) is 5.73 Å². The first-order chi connectivity index (χ1) is 10.3. The summed E-state index contributed by atoms with van der Waals surface area (Å²) in [6.45, 7) is 0. The van der Waals surface area contributed by atoms with Crippen LogP contribution < -0.4 is 5.73 Å². The standard InChI is InChI=1S/C15H11N5O/c16-13-7-11(10-3-1-5-17-9-10)8-14-18-15(19-20(13)14)12-4-2-6-21-12/h1-9H,16H2. The van der Waals surface area contributed by atoms with Gasteiger partial charge in [0.05, 0.1) is 6.26 Å². The van der Waals surface area contributed by atoms with Crippen LogP contribution in [0.1, 0.15) is 0 Å². The molecule has 0 unspecified atom stereocenters. The number of fused-ring (bicyclic) bond motifs is 1. The van der Waals surface area contributed by atoms with Crippen molar-refractivity contribution in [3.8, 4) is 22.7 Å². The van der Waals surface area contributed by atoms with Crippen molar-refractivity contribution in [2.24, 2.45) is 0 Å².